The van der Waals surface area contributed by atoms with Gasteiger partial charge in [-0.05, 0) is 43.7 Å². The quantitative estimate of drug-likeness (QED) is 0.908. The van der Waals surface area contributed by atoms with E-state index in [-0.39, 0.29) is 17.2 Å². The van der Waals surface area contributed by atoms with Crippen LogP contribution in [0.4, 0.5) is 0 Å². The Morgan fingerprint density at radius 3 is 2.50 bits per heavy atom. The van der Waals surface area contributed by atoms with E-state index in [2.05, 4.69) is 4.72 Å². The van der Waals surface area contributed by atoms with Crippen molar-refractivity contribution in [3.8, 4) is 5.75 Å². The molecule has 22 heavy (non-hydrogen) atoms. The molecule has 7 heteroatoms. The van der Waals surface area contributed by atoms with E-state index in [0.717, 1.165) is 17.0 Å². The fourth-order valence-corrected chi connectivity index (χ4v) is 3.66. The van der Waals surface area contributed by atoms with Crippen molar-refractivity contribution < 1.29 is 13.2 Å². The minimum absolute atomic E-state index is 0.0350. The first kappa shape index (κ1) is 16.9. The molecular weight excluding hydrogens is 324 g/mol. The van der Waals surface area contributed by atoms with Gasteiger partial charge in [-0.1, -0.05) is 11.6 Å². The molecule has 0 unspecified atom stereocenters. The summed E-state index contributed by atoms with van der Waals surface area (Å²) >= 11 is 5.90. The van der Waals surface area contributed by atoms with Crippen molar-refractivity contribution in [3.05, 3.63) is 46.2 Å². The van der Waals surface area contributed by atoms with Gasteiger partial charge in [0.25, 0.3) is 0 Å². The fraction of sp³-hybridized carbons (Fsp3) is 0.333. The number of ether oxygens (including phenoxy) is 1. The summed E-state index contributed by atoms with van der Waals surface area (Å²) in [6.45, 7) is 4.15. The molecule has 0 spiro atoms. The van der Waals surface area contributed by atoms with E-state index in [4.69, 9.17) is 16.3 Å². The Bertz CT molecular complexity index is 797. The van der Waals surface area contributed by atoms with Crippen LogP contribution in [0.25, 0.3) is 0 Å². The first-order valence-corrected chi connectivity index (χ1v) is 8.57. The number of sulfonamides is 1. The molecule has 0 saturated carbocycles. The van der Waals surface area contributed by atoms with Gasteiger partial charge in [-0.2, -0.15) is 0 Å². The Hall–Kier alpha value is -1.50. The van der Waals surface area contributed by atoms with E-state index in [1.807, 2.05) is 31.5 Å². The average molecular weight is 343 g/mol. The van der Waals surface area contributed by atoms with Crippen LogP contribution in [0.1, 0.15) is 17.0 Å². The molecule has 0 fully saturated rings. The lowest BCUT2D eigenvalue weighted by Crippen LogP contribution is -2.24. The molecule has 1 N–H and O–H groups in total. The average Bonchev–Trinajstić information content (AvgIpc) is 2.72. The third kappa shape index (κ3) is 3.29. The Morgan fingerprint density at radius 1 is 1.27 bits per heavy atom. The number of benzene rings is 1. The van der Waals surface area contributed by atoms with Gasteiger partial charge in [-0.25, -0.2) is 13.1 Å². The highest BCUT2D eigenvalue weighted by molar-refractivity contribution is 7.89. The first-order valence-electron chi connectivity index (χ1n) is 6.71. The minimum atomic E-state index is -3.71. The second kappa shape index (κ2) is 6.32. The van der Waals surface area contributed by atoms with E-state index in [0.29, 0.717) is 5.02 Å². The molecule has 1 aromatic heterocycles. The molecule has 2 aromatic rings. The van der Waals surface area contributed by atoms with Gasteiger partial charge >= 0.3 is 0 Å². The maximum Gasteiger partial charge on any atom is 0.244 e. The smallest absolute Gasteiger partial charge is 0.244 e. The van der Waals surface area contributed by atoms with Crippen LogP contribution in [0.3, 0.4) is 0 Å². The third-order valence-corrected chi connectivity index (χ3v) is 5.41. The van der Waals surface area contributed by atoms with Crippen molar-refractivity contribution in [2.45, 2.75) is 25.3 Å². The highest BCUT2D eigenvalue weighted by Gasteiger charge is 2.20. The molecule has 1 aromatic carbocycles. The Labute approximate surface area is 135 Å². The van der Waals surface area contributed by atoms with Crippen molar-refractivity contribution in [2.75, 3.05) is 7.11 Å². The van der Waals surface area contributed by atoms with Gasteiger partial charge in [0, 0.05) is 30.0 Å². The predicted octanol–water partition coefficient (Wildman–Crippen LogP) is 2.78. The molecule has 120 valence electrons. The number of aromatic nitrogens is 1. The molecular formula is C15H19ClN2O3S. The van der Waals surface area contributed by atoms with Crippen LogP contribution in [-0.4, -0.2) is 20.1 Å². The summed E-state index contributed by atoms with van der Waals surface area (Å²) in [5, 5.41) is 0.341. The standard InChI is InChI=1S/C15H19ClN2O3S/c1-10-7-12(11(2)18(10)3)9-17-22(19,20)15-8-13(16)5-6-14(15)21-4/h5-8,17H,9H2,1-4H3. The molecule has 0 aliphatic heterocycles. The molecule has 2 rings (SSSR count). The number of nitrogens with one attached hydrogen (secondary N) is 1. The largest absolute Gasteiger partial charge is 0.495 e. The lowest BCUT2D eigenvalue weighted by Gasteiger charge is -2.11. The predicted molar refractivity (Wildman–Crippen MR) is 86.9 cm³/mol. The topological polar surface area (TPSA) is 60.3 Å². The van der Waals surface area contributed by atoms with Gasteiger partial charge in [0.05, 0.1) is 7.11 Å². The number of hydrogen-bond donors (Lipinski definition) is 1. The van der Waals surface area contributed by atoms with E-state index in [9.17, 15) is 8.42 Å². The zero-order chi connectivity index (χ0) is 16.5. The van der Waals surface area contributed by atoms with Crippen LogP contribution in [0.2, 0.25) is 5.02 Å². The SMILES string of the molecule is COc1ccc(Cl)cc1S(=O)(=O)NCc1cc(C)n(C)c1C. The summed E-state index contributed by atoms with van der Waals surface area (Å²) in [6, 6.07) is 6.47. The summed E-state index contributed by atoms with van der Waals surface area (Å²) in [7, 11) is -0.342. The Kier molecular flexibility index (Phi) is 4.84. The number of halogens is 1. The minimum Gasteiger partial charge on any atom is -0.495 e. The zero-order valence-corrected chi connectivity index (χ0v) is 14.5. The van der Waals surface area contributed by atoms with Crippen LogP contribution in [0.15, 0.2) is 29.2 Å². The maximum absolute atomic E-state index is 12.5. The van der Waals surface area contributed by atoms with Gasteiger partial charge in [-0.15, -0.1) is 0 Å². The van der Waals surface area contributed by atoms with Crippen LogP contribution in [-0.2, 0) is 23.6 Å². The number of hydrogen-bond acceptors (Lipinski definition) is 3. The summed E-state index contributed by atoms with van der Waals surface area (Å²) in [5.74, 6) is 0.262. The summed E-state index contributed by atoms with van der Waals surface area (Å²) in [4.78, 5) is 0.0350. The second-order valence-corrected chi connectivity index (χ2v) is 7.25. The molecule has 0 atom stereocenters. The summed E-state index contributed by atoms with van der Waals surface area (Å²) in [5.41, 5.74) is 3.04. The summed E-state index contributed by atoms with van der Waals surface area (Å²) in [6.07, 6.45) is 0. The van der Waals surface area contributed by atoms with Crippen LogP contribution in [0, 0.1) is 13.8 Å². The monoisotopic (exact) mass is 342 g/mol. The lowest BCUT2D eigenvalue weighted by atomic mass is 10.2. The van der Waals surface area contributed by atoms with Crippen molar-refractivity contribution >= 4 is 21.6 Å². The highest BCUT2D eigenvalue weighted by Crippen LogP contribution is 2.27. The van der Waals surface area contributed by atoms with E-state index < -0.39 is 10.0 Å². The second-order valence-electron chi connectivity index (χ2n) is 5.08. The van der Waals surface area contributed by atoms with Gasteiger partial charge in [-0.3, -0.25) is 0 Å². The van der Waals surface area contributed by atoms with Gasteiger partial charge in [0.2, 0.25) is 10.0 Å². The first-order chi connectivity index (χ1) is 10.3. The van der Waals surface area contributed by atoms with Gasteiger partial charge in [0.15, 0.2) is 0 Å². The fourth-order valence-electron chi connectivity index (χ4n) is 2.22. The normalized spacial score (nSPS) is 11.7. The number of nitrogens with zero attached hydrogens (tertiary/aromatic N) is 1. The van der Waals surface area contributed by atoms with Gasteiger partial charge in [0.1, 0.15) is 10.6 Å². The van der Waals surface area contributed by atoms with Gasteiger partial charge < -0.3 is 9.30 Å². The van der Waals surface area contributed by atoms with E-state index in [1.54, 1.807) is 6.07 Å². The molecule has 1 heterocycles. The van der Waals surface area contributed by atoms with Crippen LogP contribution >= 0.6 is 11.6 Å². The molecule has 0 bridgehead atoms. The van der Waals surface area contributed by atoms with Crippen LogP contribution in [0.5, 0.6) is 5.75 Å². The lowest BCUT2D eigenvalue weighted by molar-refractivity contribution is 0.402. The number of aryl methyl sites for hydroxylation is 1. The number of rotatable bonds is 5. The van der Waals surface area contributed by atoms with Crippen molar-refractivity contribution in [1.29, 1.82) is 0 Å². The van der Waals surface area contributed by atoms with Crippen LogP contribution < -0.4 is 9.46 Å². The van der Waals surface area contributed by atoms with Crippen molar-refractivity contribution in [2.24, 2.45) is 7.05 Å². The highest BCUT2D eigenvalue weighted by atomic mass is 35.5. The molecule has 0 radical (unpaired) electrons. The maximum atomic E-state index is 12.5. The Morgan fingerprint density at radius 2 is 1.95 bits per heavy atom. The molecule has 0 aliphatic rings. The van der Waals surface area contributed by atoms with Crippen molar-refractivity contribution in [1.82, 2.24) is 9.29 Å². The van der Waals surface area contributed by atoms with E-state index in [1.165, 1.54) is 19.2 Å². The molecule has 0 aliphatic carbocycles. The molecule has 0 amide bonds. The van der Waals surface area contributed by atoms with Crippen molar-refractivity contribution in [3.63, 3.8) is 0 Å². The summed E-state index contributed by atoms with van der Waals surface area (Å²) < 4.78 is 34.7. The third-order valence-electron chi connectivity index (χ3n) is 3.75. The zero-order valence-electron chi connectivity index (χ0n) is 13.0. The number of methoxy groups -OCH3 is 1. The van der Waals surface area contributed by atoms with E-state index >= 15 is 0 Å². The molecule has 0 saturated heterocycles. The molecule has 5 nitrogen and oxygen atoms in total. The Balaban J connectivity index is 2.28.